The van der Waals surface area contributed by atoms with Crippen LogP contribution in [0.5, 0.6) is 0 Å². The number of aromatic nitrogens is 1. The van der Waals surface area contributed by atoms with Crippen molar-refractivity contribution in [3.63, 3.8) is 0 Å². The number of hydrogen-bond donors (Lipinski definition) is 0. The summed E-state index contributed by atoms with van der Waals surface area (Å²) in [5.41, 5.74) is 1.15. The highest BCUT2D eigenvalue weighted by Gasteiger charge is 2.07. The van der Waals surface area contributed by atoms with E-state index in [0.717, 1.165) is 24.8 Å². The lowest BCUT2D eigenvalue weighted by Gasteiger charge is -2.06. The van der Waals surface area contributed by atoms with Gasteiger partial charge in [-0.2, -0.15) is 0 Å². The van der Waals surface area contributed by atoms with Gasteiger partial charge in [-0.05, 0) is 24.0 Å². The predicted molar refractivity (Wildman–Crippen MR) is 61.6 cm³/mol. The molecule has 1 unspecified atom stereocenters. The first kappa shape index (κ1) is 11.9. The fourth-order valence-electron chi connectivity index (χ4n) is 1.46. The number of nitrogens with zero attached hydrogens (tertiary/aromatic N) is 1. The maximum absolute atomic E-state index is 11.6. The van der Waals surface area contributed by atoms with E-state index in [0.29, 0.717) is 18.1 Å². The first-order chi connectivity index (χ1) is 7.22. The zero-order valence-electron chi connectivity index (χ0n) is 9.57. The topological polar surface area (TPSA) is 30.0 Å². The second-order valence-electron chi connectivity index (χ2n) is 4.12. The molecule has 0 spiro atoms. The number of aryl methyl sites for hydroxylation is 1. The number of pyridine rings is 1. The summed E-state index contributed by atoms with van der Waals surface area (Å²) in [4.78, 5) is 15.6. The Kier molecular flexibility index (Phi) is 5.02. The molecule has 0 aliphatic carbocycles. The van der Waals surface area contributed by atoms with Gasteiger partial charge in [0.1, 0.15) is 5.78 Å². The molecule has 1 heterocycles. The van der Waals surface area contributed by atoms with Crippen molar-refractivity contribution in [1.82, 2.24) is 4.98 Å². The van der Waals surface area contributed by atoms with Crippen LogP contribution in [0.1, 0.15) is 38.7 Å². The zero-order chi connectivity index (χ0) is 11.1. The molecule has 0 bridgehead atoms. The molecule has 1 aromatic heterocycles. The Morgan fingerprint density at radius 3 is 2.93 bits per heavy atom. The van der Waals surface area contributed by atoms with Gasteiger partial charge in [0.25, 0.3) is 0 Å². The van der Waals surface area contributed by atoms with E-state index < -0.39 is 0 Å². The molecule has 0 amide bonds. The van der Waals surface area contributed by atoms with Gasteiger partial charge in [-0.1, -0.05) is 26.3 Å². The molecule has 0 aliphatic heterocycles. The molecule has 82 valence electrons. The fourth-order valence-corrected chi connectivity index (χ4v) is 1.46. The molecule has 1 aromatic rings. The first-order valence-electron chi connectivity index (χ1n) is 5.63. The van der Waals surface area contributed by atoms with E-state index in [-0.39, 0.29) is 0 Å². The van der Waals surface area contributed by atoms with Gasteiger partial charge >= 0.3 is 0 Å². The van der Waals surface area contributed by atoms with Crippen molar-refractivity contribution in [2.24, 2.45) is 5.92 Å². The van der Waals surface area contributed by atoms with E-state index in [2.05, 4.69) is 18.8 Å². The van der Waals surface area contributed by atoms with Gasteiger partial charge in [-0.3, -0.25) is 9.78 Å². The third-order valence-corrected chi connectivity index (χ3v) is 2.69. The Bertz CT molecular complexity index is 295. The SMILES string of the molecule is CCC(C)CC(=O)CCc1cccnc1. The Hall–Kier alpha value is -1.18. The lowest BCUT2D eigenvalue weighted by atomic mass is 9.98. The highest BCUT2D eigenvalue weighted by molar-refractivity contribution is 5.78. The highest BCUT2D eigenvalue weighted by Crippen LogP contribution is 2.10. The number of rotatable bonds is 6. The molecule has 1 atom stereocenters. The number of carbonyl (C=O) groups excluding carboxylic acids is 1. The molecule has 0 N–H and O–H groups in total. The zero-order valence-corrected chi connectivity index (χ0v) is 9.57. The molecule has 2 nitrogen and oxygen atoms in total. The maximum Gasteiger partial charge on any atom is 0.133 e. The monoisotopic (exact) mass is 205 g/mol. The summed E-state index contributed by atoms with van der Waals surface area (Å²) in [5.74, 6) is 0.889. The number of ketones is 1. The van der Waals surface area contributed by atoms with E-state index in [1.54, 1.807) is 6.20 Å². The average molecular weight is 205 g/mol. The van der Waals surface area contributed by atoms with Crippen LogP contribution in [0, 0.1) is 5.92 Å². The first-order valence-corrected chi connectivity index (χ1v) is 5.63. The summed E-state index contributed by atoms with van der Waals surface area (Å²) in [7, 11) is 0. The van der Waals surface area contributed by atoms with Crippen LogP contribution in [-0.2, 0) is 11.2 Å². The summed E-state index contributed by atoms with van der Waals surface area (Å²) in [6.07, 6.45) is 6.86. The van der Waals surface area contributed by atoms with E-state index in [1.807, 2.05) is 18.3 Å². The molecular formula is C13H19NO. The lowest BCUT2D eigenvalue weighted by molar-refractivity contribution is -0.119. The van der Waals surface area contributed by atoms with Crippen molar-refractivity contribution >= 4 is 5.78 Å². The van der Waals surface area contributed by atoms with E-state index >= 15 is 0 Å². The van der Waals surface area contributed by atoms with Crippen LogP contribution in [0.2, 0.25) is 0 Å². The minimum Gasteiger partial charge on any atom is -0.300 e. The Morgan fingerprint density at radius 1 is 1.53 bits per heavy atom. The molecule has 0 aromatic carbocycles. The van der Waals surface area contributed by atoms with Gasteiger partial charge in [0.2, 0.25) is 0 Å². The van der Waals surface area contributed by atoms with Gasteiger partial charge in [0, 0.05) is 25.2 Å². The number of Topliss-reactive ketones (excluding diaryl/α,β-unsaturated/α-hetero) is 1. The molecule has 0 saturated carbocycles. The van der Waals surface area contributed by atoms with Gasteiger partial charge in [0.15, 0.2) is 0 Å². The van der Waals surface area contributed by atoms with Crippen LogP contribution in [0.4, 0.5) is 0 Å². The van der Waals surface area contributed by atoms with Crippen LogP contribution in [-0.4, -0.2) is 10.8 Å². The molecule has 0 aliphatic rings. The van der Waals surface area contributed by atoms with E-state index in [9.17, 15) is 4.79 Å². The fraction of sp³-hybridized carbons (Fsp3) is 0.538. The van der Waals surface area contributed by atoms with Gasteiger partial charge in [0.05, 0.1) is 0 Å². The summed E-state index contributed by atoms with van der Waals surface area (Å²) in [6, 6.07) is 3.93. The van der Waals surface area contributed by atoms with E-state index in [1.165, 1.54) is 0 Å². The van der Waals surface area contributed by atoms with Crippen LogP contribution < -0.4 is 0 Å². The summed E-state index contributed by atoms with van der Waals surface area (Å²) >= 11 is 0. The smallest absolute Gasteiger partial charge is 0.133 e. The summed E-state index contributed by atoms with van der Waals surface area (Å²) in [6.45, 7) is 4.25. The predicted octanol–water partition coefficient (Wildman–Crippen LogP) is 3.02. The van der Waals surface area contributed by atoms with Gasteiger partial charge < -0.3 is 0 Å². The Balaban J connectivity index is 2.29. The number of carbonyl (C=O) groups is 1. The Labute approximate surface area is 91.7 Å². The molecule has 0 radical (unpaired) electrons. The molecule has 1 rings (SSSR count). The standard InChI is InChI=1S/C13H19NO/c1-3-11(2)9-13(15)7-6-12-5-4-8-14-10-12/h4-5,8,10-11H,3,6-7,9H2,1-2H3. The average Bonchev–Trinajstić information content (AvgIpc) is 2.27. The molecule has 15 heavy (non-hydrogen) atoms. The quantitative estimate of drug-likeness (QED) is 0.714. The normalized spacial score (nSPS) is 12.4. The molecule has 0 fully saturated rings. The van der Waals surface area contributed by atoms with Crippen LogP contribution >= 0.6 is 0 Å². The second-order valence-corrected chi connectivity index (χ2v) is 4.12. The number of hydrogen-bond acceptors (Lipinski definition) is 2. The van der Waals surface area contributed by atoms with Crippen molar-refractivity contribution in [3.8, 4) is 0 Å². The van der Waals surface area contributed by atoms with Crippen molar-refractivity contribution in [2.45, 2.75) is 39.5 Å². The minimum atomic E-state index is 0.369. The molecular weight excluding hydrogens is 186 g/mol. The summed E-state index contributed by atoms with van der Waals surface area (Å²) in [5, 5.41) is 0. The summed E-state index contributed by atoms with van der Waals surface area (Å²) < 4.78 is 0. The highest BCUT2D eigenvalue weighted by atomic mass is 16.1. The van der Waals surface area contributed by atoms with E-state index in [4.69, 9.17) is 0 Å². The largest absolute Gasteiger partial charge is 0.300 e. The minimum absolute atomic E-state index is 0.369. The lowest BCUT2D eigenvalue weighted by Crippen LogP contribution is -2.05. The molecule has 0 saturated heterocycles. The van der Waals surface area contributed by atoms with Crippen molar-refractivity contribution < 1.29 is 4.79 Å². The van der Waals surface area contributed by atoms with Crippen LogP contribution in [0.15, 0.2) is 24.5 Å². The van der Waals surface area contributed by atoms with Gasteiger partial charge in [-0.15, -0.1) is 0 Å². The Morgan fingerprint density at radius 2 is 2.33 bits per heavy atom. The molecule has 2 heteroatoms. The van der Waals surface area contributed by atoms with Crippen LogP contribution in [0.3, 0.4) is 0 Å². The second kappa shape index (κ2) is 6.33. The third kappa shape index (κ3) is 4.73. The van der Waals surface area contributed by atoms with Crippen molar-refractivity contribution in [2.75, 3.05) is 0 Å². The third-order valence-electron chi connectivity index (χ3n) is 2.69. The van der Waals surface area contributed by atoms with Crippen molar-refractivity contribution in [3.05, 3.63) is 30.1 Å². The van der Waals surface area contributed by atoms with Gasteiger partial charge in [-0.25, -0.2) is 0 Å². The van der Waals surface area contributed by atoms with Crippen LogP contribution in [0.25, 0.3) is 0 Å². The maximum atomic E-state index is 11.6. The van der Waals surface area contributed by atoms with Crippen molar-refractivity contribution in [1.29, 1.82) is 0 Å².